The third kappa shape index (κ3) is 2.55. The Morgan fingerprint density at radius 2 is 2.17 bits per heavy atom. The Bertz CT molecular complexity index is 946. The van der Waals surface area contributed by atoms with E-state index in [0.717, 1.165) is 11.3 Å². The van der Waals surface area contributed by atoms with Crippen LogP contribution in [0.3, 0.4) is 0 Å². The third-order valence-electron chi connectivity index (χ3n) is 3.27. The van der Waals surface area contributed by atoms with Crippen molar-refractivity contribution in [2.24, 2.45) is 0 Å². The van der Waals surface area contributed by atoms with Gasteiger partial charge in [0.2, 0.25) is 5.65 Å². The van der Waals surface area contributed by atoms with Gasteiger partial charge >= 0.3 is 0 Å². The van der Waals surface area contributed by atoms with E-state index in [4.69, 9.17) is 10.5 Å². The lowest BCUT2D eigenvalue weighted by molar-refractivity contribution is 0.309. The Hall–Kier alpha value is -3.49. The van der Waals surface area contributed by atoms with Gasteiger partial charge in [0.15, 0.2) is 11.3 Å². The highest BCUT2D eigenvalue weighted by molar-refractivity contribution is 5.78. The largest absolute Gasteiger partial charge is 0.486 e. The van der Waals surface area contributed by atoms with Crippen LogP contribution in [-0.2, 0) is 6.61 Å². The van der Waals surface area contributed by atoms with Crippen LogP contribution in [0.15, 0.2) is 43.0 Å². The highest BCUT2D eigenvalue weighted by Gasteiger charge is 2.10. The summed E-state index contributed by atoms with van der Waals surface area (Å²) in [6.45, 7) is 0.355. The smallest absolute Gasteiger partial charge is 0.207 e. The number of H-pyrrole nitrogens is 1. The number of nitrogens with one attached hydrogen (secondary N) is 1. The topological polar surface area (TPSA) is 120 Å². The molecule has 3 heterocycles. The molecule has 0 spiro atoms. The summed E-state index contributed by atoms with van der Waals surface area (Å²) in [7, 11) is 0. The molecular weight excluding hydrogens is 296 g/mol. The van der Waals surface area contributed by atoms with E-state index in [9.17, 15) is 0 Å². The summed E-state index contributed by atoms with van der Waals surface area (Å²) in [5.41, 5.74) is 8.61. The number of nitrogens with two attached hydrogens (primary N) is 1. The van der Waals surface area contributed by atoms with Crippen LogP contribution in [0.2, 0.25) is 0 Å². The molecule has 3 aromatic heterocycles. The Morgan fingerprint density at radius 3 is 3.04 bits per heavy atom. The molecule has 4 aromatic rings. The first-order valence-electron chi connectivity index (χ1n) is 6.83. The Balaban J connectivity index is 1.59. The number of fused-ring (bicyclic) bond motifs is 1. The number of nitrogen functional groups attached to an aromatic ring is 1. The summed E-state index contributed by atoms with van der Waals surface area (Å²) < 4.78 is 7.51. The number of rotatable bonds is 4. The van der Waals surface area contributed by atoms with E-state index >= 15 is 0 Å². The number of hydrogen-bond acceptors (Lipinski definition) is 7. The predicted octanol–water partition coefficient (Wildman–Crippen LogP) is 1.09. The van der Waals surface area contributed by atoms with Crippen LogP contribution in [0.4, 0.5) is 5.82 Å². The van der Waals surface area contributed by atoms with Crippen molar-refractivity contribution >= 4 is 17.0 Å². The molecular formula is C14H12N8O. The lowest BCUT2D eigenvalue weighted by Crippen LogP contribution is -2.00. The normalized spacial score (nSPS) is 11.0. The highest BCUT2D eigenvalue weighted by atomic mass is 16.5. The maximum Gasteiger partial charge on any atom is 0.207 e. The third-order valence-corrected chi connectivity index (χ3v) is 3.27. The van der Waals surface area contributed by atoms with E-state index in [2.05, 4.69) is 30.5 Å². The average Bonchev–Trinajstić information content (AvgIpc) is 3.24. The molecule has 0 unspecified atom stereocenters. The first kappa shape index (κ1) is 13.2. The number of anilines is 1. The van der Waals surface area contributed by atoms with Gasteiger partial charge in [0.25, 0.3) is 0 Å². The van der Waals surface area contributed by atoms with E-state index < -0.39 is 0 Å². The number of aromatic amines is 1. The zero-order valence-corrected chi connectivity index (χ0v) is 11.9. The Kier molecular flexibility index (Phi) is 3.08. The molecule has 0 aliphatic carbocycles. The molecule has 4 rings (SSSR count). The van der Waals surface area contributed by atoms with Gasteiger partial charge in [-0.2, -0.15) is 15.4 Å². The fraction of sp³-hybridized carbons (Fsp3) is 0.0714. The van der Waals surface area contributed by atoms with Crippen LogP contribution in [0.25, 0.3) is 16.9 Å². The van der Waals surface area contributed by atoms with Crippen molar-refractivity contribution in [2.75, 3.05) is 5.73 Å². The molecule has 0 bridgehead atoms. The summed E-state index contributed by atoms with van der Waals surface area (Å²) in [4.78, 5) is 8.01. The molecule has 0 saturated heterocycles. The van der Waals surface area contributed by atoms with Crippen molar-refractivity contribution < 1.29 is 4.74 Å². The van der Waals surface area contributed by atoms with Crippen molar-refractivity contribution in [2.45, 2.75) is 6.61 Å². The molecule has 0 amide bonds. The Morgan fingerprint density at radius 1 is 1.22 bits per heavy atom. The van der Waals surface area contributed by atoms with Crippen LogP contribution in [0, 0.1) is 0 Å². The second kappa shape index (κ2) is 5.37. The lowest BCUT2D eigenvalue weighted by Gasteiger charge is -2.08. The van der Waals surface area contributed by atoms with Gasteiger partial charge in [-0.15, -0.1) is 5.10 Å². The lowest BCUT2D eigenvalue weighted by atomic mass is 10.2. The number of nitrogens with zero attached hydrogens (tertiary/aromatic N) is 6. The molecule has 114 valence electrons. The van der Waals surface area contributed by atoms with E-state index in [1.165, 1.54) is 6.33 Å². The van der Waals surface area contributed by atoms with Crippen molar-refractivity contribution in [1.29, 1.82) is 0 Å². The van der Waals surface area contributed by atoms with E-state index in [0.29, 0.717) is 29.3 Å². The van der Waals surface area contributed by atoms with Gasteiger partial charge in [0.1, 0.15) is 25.1 Å². The fourth-order valence-corrected chi connectivity index (χ4v) is 2.23. The van der Waals surface area contributed by atoms with E-state index in [1.54, 1.807) is 17.1 Å². The second-order valence-corrected chi connectivity index (χ2v) is 4.84. The molecule has 0 aliphatic rings. The molecule has 3 N–H and O–H groups in total. The SMILES string of the molecule is Nc1cc(OCc2cccc(-n3cncn3)c2)c2n[nH]nc2n1. The minimum Gasteiger partial charge on any atom is -0.486 e. The predicted molar refractivity (Wildman–Crippen MR) is 81.8 cm³/mol. The molecule has 0 saturated carbocycles. The number of benzene rings is 1. The number of pyridine rings is 1. The van der Waals surface area contributed by atoms with Gasteiger partial charge in [0.05, 0.1) is 5.69 Å². The summed E-state index contributed by atoms with van der Waals surface area (Å²) in [6.07, 6.45) is 3.13. The summed E-state index contributed by atoms with van der Waals surface area (Å²) in [5.74, 6) is 0.866. The molecule has 23 heavy (non-hydrogen) atoms. The minimum atomic E-state index is 0.331. The van der Waals surface area contributed by atoms with Crippen LogP contribution in [-0.4, -0.2) is 35.2 Å². The second-order valence-electron chi connectivity index (χ2n) is 4.84. The quantitative estimate of drug-likeness (QED) is 0.579. The molecule has 0 radical (unpaired) electrons. The number of hydrogen-bond donors (Lipinski definition) is 2. The maximum absolute atomic E-state index is 5.83. The van der Waals surface area contributed by atoms with Gasteiger partial charge in [0, 0.05) is 6.07 Å². The summed E-state index contributed by atoms with van der Waals surface area (Å²) in [6, 6.07) is 9.44. The molecule has 1 aromatic carbocycles. The summed E-state index contributed by atoms with van der Waals surface area (Å²) >= 11 is 0. The molecule has 0 aliphatic heterocycles. The average molecular weight is 308 g/mol. The van der Waals surface area contributed by atoms with E-state index in [1.807, 2.05) is 24.3 Å². The zero-order chi connectivity index (χ0) is 15.6. The first-order valence-corrected chi connectivity index (χ1v) is 6.83. The van der Waals surface area contributed by atoms with Gasteiger partial charge in [-0.1, -0.05) is 12.1 Å². The highest BCUT2D eigenvalue weighted by Crippen LogP contribution is 2.24. The Labute approximate surface area is 130 Å². The molecule has 0 fully saturated rings. The van der Waals surface area contributed by atoms with Crippen LogP contribution >= 0.6 is 0 Å². The van der Waals surface area contributed by atoms with Crippen molar-refractivity contribution in [3.8, 4) is 11.4 Å². The fourth-order valence-electron chi connectivity index (χ4n) is 2.23. The van der Waals surface area contributed by atoms with Gasteiger partial charge < -0.3 is 10.5 Å². The summed E-state index contributed by atoms with van der Waals surface area (Å²) in [5, 5.41) is 14.6. The van der Waals surface area contributed by atoms with Crippen molar-refractivity contribution in [3.63, 3.8) is 0 Å². The number of aromatic nitrogens is 7. The zero-order valence-electron chi connectivity index (χ0n) is 11.9. The van der Waals surface area contributed by atoms with Crippen molar-refractivity contribution in [3.05, 3.63) is 48.5 Å². The van der Waals surface area contributed by atoms with Crippen molar-refractivity contribution in [1.82, 2.24) is 35.2 Å². The number of ether oxygens (including phenoxy) is 1. The molecule has 9 nitrogen and oxygen atoms in total. The first-order chi connectivity index (χ1) is 11.3. The van der Waals surface area contributed by atoms with Crippen LogP contribution < -0.4 is 10.5 Å². The van der Waals surface area contributed by atoms with Crippen LogP contribution in [0.1, 0.15) is 5.56 Å². The van der Waals surface area contributed by atoms with Gasteiger partial charge in [-0.3, -0.25) is 0 Å². The molecule has 9 heteroatoms. The standard InChI is InChI=1S/C14H12N8O/c15-12-5-11(13-14(18-12)20-21-19-13)23-6-9-2-1-3-10(4-9)22-8-16-7-17-22/h1-5,7-8H,6H2,(H3,15,18,19,20,21). The molecule has 0 atom stereocenters. The van der Waals surface area contributed by atoms with Crippen LogP contribution in [0.5, 0.6) is 5.75 Å². The van der Waals surface area contributed by atoms with E-state index in [-0.39, 0.29) is 0 Å². The maximum atomic E-state index is 5.83. The van der Waals surface area contributed by atoms with Gasteiger partial charge in [-0.05, 0) is 17.7 Å². The monoisotopic (exact) mass is 308 g/mol. The minimum absolute atomic E-state index is 0.331. The van der Waals surface area contributed by atoms with Gasteiger partial charge in [-0.25, -0.2) is 14.6 Å².